The molecule has 1 unspecified atom stereocenters. The fourth-order valence-corrected chi connectivity index (χ4v) is 4.90. The number of nitrogens with one attached hydrogen (secondary N) is 1. The standard InChI is InChI=1S/C30H31F3N4O3/c1-18(2)20-5-8-22(9-6-20)34-29(38)37-14-13-36(17-19(37)3)28-24-16-23(39-4)10-12-26(24)40-27-11-7-21(30(31,32)33)15-25(27)35-28/h5-12,15-16,18-19H,13-14,17H2,1-4H3,(H,34,38). The molecule has 10 heteroatoms. The molecule has 0 radical (unpaired) electrons. The lowest BCUT2D eigenvalue weighted by Crippen LogP contribution is -2.56. The van der Waals surface area contributed by atoms with E-state index in [0.29, 0.717) is 54.1 Å². The van der Waals surface area contributed by atoms with Crippen molar-refractivity contribution < 1.29 is 27.4 Å². The molecule has 210 valence electrons. The minimum Gasteiger partial charge on any atom is -0.497 e. The highest BCUT2D eigenvalue weighted by atomic mass is 19.4. The molecule has 1 fully saturated rings. The van der Waals surface area contributed by atoms with Crippen LogP contribution in [0.1, 0.15) is 43.4 Å². The third-order valence-corrected chi connectivity index (χ3v) is 7.18. The Morgan fingerprint density at radius 3 is 2.42 bits per heavy atom. The summed E-state index contributed by atoms with van der Waals surface area (Å²) in [5.41, 5.74) is 1.77. The molecule has 2 aliphatic heterocycles. The first-order chi connectivity index (χ1) is 19.0. The van der Waals surface area contributed by atoms with Crippen LogP contribution in [0.15, 0.2) is 65.7 Å². The number of alkyl halides is 3. The molecule has 40 heavy (non-hydrogen) atoms. The van der Waals surface area contributed by atoms with E-state index in [-0.39, 0.29) is 23.5 Å². The van der Waals surface area contributed by atoms with Crippen LogP contribution in [0.5, 0.6) is 17.2 Å². The second-order valence-electron chi connectivity index (χ2n) is 10.3. The minimum atomic E-state index is -4.52. The number of amidine groups is 1. The predicted molar refractivity (Wildman–Crippen MR) is 148 cm³/mol. The number of aliphatic imine (C=N–C) groups is 1. The molecule has 0 saturated carbocycles. The number of hydrogen-bond acceptors (Lipinski definition) is 5. The van der Waals surface area contributed by atoms with E-state index >= 15 is 0 Å². The fourth-order valence-electron chi connectivity index (χ4n) is 4.90. The number of methoxy groups -OCH3 is 1. The van der Waals surface area contributed by atoms with Crippen LogP contribution < -0.4 is 14.8 Å². The van der Waals surface area contributed by atoms with Crippen molar-refractivity contribution in [1.29, 1.82) is 0 Å². The zero-order valence-electron chi connectivity index (χ0n) is 22.7. The van der Waals surface area contributed by atoms with Crippen LogP contribution in [0.25, 0.3) is 0 Å². The van der Waals surface area contributed by atoms with Crippen LogP contribution in [0.3, 0.4) is 0 Å². The number of benzene rings is 3. The average Bonchev–Trinajstić information content (AvgIpc) is 3.08. The molecular weight excluding hydrogens is 521 g/mol. The summed E-state index contributed by atoms with van der Waals surface area (Å²) in [5.74, 6) is 2.10. The van der Waals surface area contributed by atoms with Crippen LogP contribution in [0.2, 0.25) is 0 Å². The highest BCUT2D eigenvalue weighted by Crippen LogP contribution is 2.42. The molecule has 0 bridgehead atoms. The second-order valence-corrected chi connectivity index (χ2v) is 10.3. The molecule has 3 aromatic carbocycles. The maximum absolute atomic E-state index is 13.5. The molecule has 1 atom stereocenters. The van der Waals surface area contributed by atoms with Crippen molar-refractivity contribution in [3.8, 4) is 17.2 Å². The van der Waals surface area contributed by atoms with Gasteiger partial charge in [-0.3, -0.25) is 0 Å². The highest BCUT2D eigenvalue weighted by Gasteiger charge is 2.34. The molecule has 2 amide bonds. The van der Waals surface area contributed by atoms with Gasteiger partial charge in [0.1, 0.15) is 23.0 Å². The van der Waals surface area contributed by atoms with Crippen molar-refractivity contribution in [2.75, 3.05) is 32.1 Å². The monoisotopic (exact) mass is 552 g/mol. The molecule has 7 nitrogen and oxygen atoms in total. The molecule has 5 rings (SSSR count). The van der Waals surface area contributed by atoms with Gasteiger partial charge in [0, 0.05) is 31.4 Å². The Balaban J connectivity index is 1.41. The summed E-state index contributed by atoms with van der Waals surface area (Å²) < 4.78 is 51.9. The maximum Gasteiger partial charge on any atom is 0.416 e. The van der Waals surface area contributed by atoms with Gasteiger partial charge in [0.2, 0.25) is 0 Å². The topological polar surface area (TPSA) is 66.4 Å². The number of halogens is 3. The van der Waals surface area contributed by atoms with Gasteiger partial charge in [0.15, 0.2) is 5.75 Å². The first-order valence-electron chi connectivity index (χ1n) is 13.1. The Kier molecular flexibility index (Phi) is 7.35. The Bertz CT molecular complexity index is 1440. The van der Waals surface area contributed by atoms with Gasteiger partial charge in [-0.05, 0) is 66.9 Å². The van der Waals surface area contributed by atoms with Crippen LogP contribution in [0, 0.1) is 0 Å². The van der Waals surface area contributed by atoms with Crippen molar-refractivity contribution in [3.63, 3.8) is 0 Å². The Morgan fingerprint density at radius 1 is 1.05 bits per heavy atom. The van der Waals surface area contributed by atoms with Crippen molar-refractivity contribution in [3.05, 3.63) is 77.4 Å². The van der Waals surface area contributed by atoms with E-state index in [9.17, 15) is 18.0 Å². The third-order valence-electron chi connectivity index (χ3n) is 7.18. The molecule has 0 aromatic heterocycles. The molecule has 0 aliphatic carbocycles. The number of anilines is 1. The van der Waals surface area contributed by atoms with Gasteiger partial charge >= 0.3 is 12.2 Å². The Hall–Kier alpha value is -4.21. The number of amides is 2. The lowest BCUT2D eigenvalue weighted by atomic mass is 10.0. The van der Waals surface area contributed by atoms with Gasteiger partial charge in [0.05, 0.1) is 18.2 Å². The van der Waals surface area contributed by atoms with E-state index in [1.54, 1.807) is 23.1 Å². The van der Waals surface area contributed by atoms with Crippen LogP contribution in [-0.2, 0) is 6.18 Å². The summed E-state index contributed by atoms with van der Waals surface area (Å²) in [6.45, 7) is 7.40. The molecular formula is C30H31F3N4O3. The average molecular weight is 553 g/mol. The normalized spacial score (nSPS) is 16.9. The number of nitrogens with zero attached hydrogens (tertiary/aromatic N) is 3. The van der Waals surface area contributed by atoms with E-state index in [2.05, 4.69) is 19.2 Å². The first-order valence-corrected chi connectivity index (χ1v) is 13.1. The zero-order chi connectivity index (χ0) is 28.6. The van der Waals surface area contributed by atoms with Gasteiger partial charge in [-0.15, -0.1) is 0 Å². The minimum absolute atomic E-state index is 0.0812. The number of piperazine rings is 1. The smallest absolute Gasteiger partial charge is 0.416 e. The van der Waals surface area contributed by atoms with Crippen molar-refractivity contribution >= 4 is 23.2 Å². The van der Waals surface area contributed by atoms with Crippen LogP contribution >= 0.6 is 0 Å². The van der Waals surface area contributed by atoms with E-state index in [1.807, 2.05) is 36.1 Å². The van der Waals surface area contributed by atoms with E-state index < -0.39 is 11.7 Å². The predicted octanol–water partition coefficient (Wildman–Crippen LogP) is 7.26. The quantitative estimate of drug-likeness (QED) is 0.372. The van der Waals surface area contributed by atoms with Gasteiger partial charge in [-0.1, -0.05) is 26.0 Å². The van der Waals surface area contributed by atoms with E-state index in [1.165, 1.54) is 18.7 Å². The van der Waals surface area contributed by atoms with E-state index in [4.69, 9.17) is 14.5 Å². The molecule has 0 spiro atoms. The Morgan fingerprint density at radius 2 is 1.77 bits per heavy atom. The SMILES string of the molecule is COc1ccc2c(c1)C(N1CCN(C(=O)Nc3ccc(C(C)C)cc3)C(C)C1)=Nc1cc(C(F)(F)F)ccc1O2. The van der Waals surface area contributed by atoms with Crippen LogP contribution in [-0.4, -0.2) is 54.5 Å². The summed E-state index contributed by atoms with van der Waals surface area (Å²) in [6, 6.07) is 15.8. The largest absolute Gasteiger partial charge is 0.497 e. The molecule has 2 heterocycles. The van der Waals surface area contributed by atoms with Crippen molar-refractivity contribution in [2.24, 2.45) is 4.99 Å². The van der Waals surface area contributed by atoms with Gasteiger partial charge in [-0.2, -0.15) is 13.2 Å². The Labute approximate surface area is 231 Å². The van der Waals surface area contributed by atoms with E-state index in [0.717, 1.165) is 12.1 Å². The van der Waals surface area contributed by atoms with Crippen LogP contribution in [0.4, 0.5) is 29.3 Å². The van der Waals surface area contributed by atoms with Gasteiger partial charge in [-0.25, -0.2) is 9.79 Å². The number of fused-ring (bicyclic) bond motifs is 2. The van der Waals surface area contributed by atoms with Crippen molar-refractivity contribution in [1.82, 2.24) is 9.80 Å². The number of carbonyl (C=O) groups excluding carboxylic acids is 1. The fraction of sp³-hybridized carbons (Fsp3) is 0.333. The second kappa shape index (κ2) is 10.7. The highest BCUT2D eigenvalue weighted by molar-refractivity contribution is 6.04. The maximum atomic E-state index is 13.5. The number of carbonyl (C=O) groups is 1. The summed E-state index contributed by atoms with van der Waals surface area (Å²) in [7, 11) is 1.54. The first kappa shape index (κ1) is 27.4. The van der Waals surface area contributed by atoms with Gasteiger partial charge in [0.25, 0.3) is 0 Å². The van der Waals surface area contributed by atoms with Gasteiger partial charge < -0.3 is 24.6 Å². The zero-order valence-corrected chi connectivity index (χ0v) is 22.7. The third kappa shape index (κ3) is 5.57. The number of ether oxygens (including phenoxy) is 2. The molecule has 3 aromatic rings. The molecule has 1 saturated heterocycles. The molecule has 1 N–H and O–H groups in total. The lowest BCUT2D eigenvalue weighted by molar-refractivity contribution is -0.137. The molecule has 2 aliphatic rings. The number of rotatable bonds is 3. The summed E-state index contributed by atoms with van der Waals surface area (Å²) in [5, 5.41) is 2.97. The summed E-state index contributed by atoms with van der Waals surface area (Å²) >= 11 is 0. The number of hydrogen-bond donors (Lipinski definition) is 1. The van der Waals surface area contributed by atoms with Crippen molar-refractivity contribution in [2.45, 2.75) is 38.9 Å². The lowest BCUT2D eigenvalue weighted by Gasteiger charge is -2.41. The summed E-state index contributed by atoms with van der Waals surface area (Å²) in [4.78, 5) is 21.6. The summed E-state index contributed by atoms with van der Waals surface area (Å²) in [6.07, 6.45) is -4.52. The number of urea groups is 1.